The minimum Gasteiger partial charge on any atom is -0.393 e. The average molecular weight is 797 g/mol. The van der Waals surface area contributed by atoms with E-state index in [1.54, 1.807) is 66.7 Å². The Labute approximate surface area is 342 Å². The maximum atomic E-state index is 12.8. The summed E-state index contributed by atoms with van der Waals surface area (Å²) in [6.07, 6.45) is 4.13. The molecule has 4 rings (SSSR count). The van der Waals surface area contributed by atoms with Crippen LogP contribution in [-0.4, -0.2) is 81.7 Å². The van der Waals surface area contributed by atoms with Crippen molar-refractivity contribution in [3.05, 3.63) is 112 Å². The Morgan fingerprint density at radius 1 is 0.741 bits per heavy atom. The summed E-state index contributed by atoms with van der Waals surface area (Å²) in [4.78, 5) is 4.80. The van der Waals surface area contributed by atoms with Gasteiger partial charge in [0.2, 0.25) is 0 Å². The summed E-state index contributed by atoms with van der Waals surface area (Å²) in [5.41, 5.74) is 21.9. The Morgan fingerprint density at radius 2 is 1.11 bits per heavy atom. The van der Waals surface area contributed by atoms with Crippen LogP contribution in [0.3, 0.4) is 0 Å². The molecule has 2 aromatic carbocycles. The van der Waals surface area contributed by atoms with Crippen molar-refractivity contribution in [1.29, 1.82) is 0 Å². The zero-order chi connectivity index (χ0) is 39.6. The van der Waals surface area contributed by atoms with Crippen LogP contribution in [-0.2, 0) is 29.1 Å². The van der Waals surface area contributed by atoms with E-state index in [2.05, 4.69) is 23.2 Å². The van der Waals surface area contributed by atoms with E-state index in [0.29, 0.717) is 41.9 Å². The van der Waals surface area contributed by atoms with Gasteiger partial charge in [0.1, 0.15) is 0 Å². The Morgan fingerprint density at radius 3 is 1.44 bits per heavy atom. The molecule has 10 atom stereocenters. The van der Waals surface area contributed by atoms with Gasteiger partial charge in [0.25, 0.3) is 0 Å². The Balaban J connectivity index is 0.000000496. The molecule has 0 amide bonds. The summed E-state index contributed by atoms with van der Waals surface area (Å²) in [7, 11) is -6.80. The Kier molecular flexibility index (Phi) is 22.6. The number of aliphatic hydroxyl groups excluding tert-OH is 2. The second-order valence-corrected chi connectivity index (χ2v) is 17.5. The summed E-state index contributed by atoms with van der Waals surface area (Å²) in [6, 6.07) is 16.9. The molecule has 2 saturated heterocycles. The Bertz CT molecular complexity index is 1730. The minimum atomic E-state index is -3.44. The molecule has 54 heavy (non-hydrogen) atoms. The first kappa shape index (κ1) is 49.3. The second kappa shape index (κ2) is 24.7. The molecule has 0 radical (unpaired) electrons. The summed E-state index contributed by atoms with van der Waals surface area (Å²) >= 11 is 0. The maximum absolute atomic E-state index is 12.8. The molecule has 292 valence electrons. The average Bonchev–Trinajstić information content (AvgIpc) is 3.57. The van der Waals surface area contributed by atoms with Gasteiger partial charge in [-0.15, -0.1) is 13.2 Å². The van der Waals surface area contributed by atoms with Crippen LogP contribution in [0.25, 0.3) is 26.4 Å². The van der Waals surface area contributed by atoms with Gasteiger partial charge in [-0.1, -0.05) is 74.4 Å². The standard InChI is InChI=1S/C19H28O4S.C18H25N3O4S.N3.Na/c1-4-9-18-17(14(3)19(23-18)12-15(20)5-2)13-24(21,22)16-10-7-6-8-11-16;1-3-7-17-16(12-26(23,24)15-8-5-4-6-9-15)13(2)18(25-17)10-14(22)11-20-21-19;1-3-2;/h4,6-8,10-11,14-15,17-20H,1,5,9,12-13H2,2-3H3;3-6,8-9,13-14,16-18,22H,1,7,10-12H2,2H3;;/q;;-1;+1/t14-,15-,17-,18+,19-;13-,14+,16-,17+,18-;;/m11../s1. The number of aliphatic hydroxyl groups is 2. The maximum Gasteiger partial charge on any atom is 1.00 e. The van der Waals surface area contributed by atoms with Gasteiger partial charge in [0.05, 0.1) is 64.5 Å². The number of benzene rings is 2. The third-order valence-electron chi connectivity index (χ3n) is 9.84. The van der Waals surface area contributed by atoms with Crippen LogP contribution in [0.5, 0.6) is 0 Å². The third kappa shape index (κ3) is 15.1. The van der Waals surface area contributed by atoms with Crippen molar-refractivity contribution in [2.75, 3.05) is 18.1 Å². The number of nitrogens with zero attached hydrogens (tertiary/aromatic N) is 6. The molecule has 0 saturated carbocycles. The van der Waals surface area contributed by atoms with E-state index in [-0.39, 0.29) is 95.7 Å². The monoisotopic (exact) mass is 796 g/mol. The van der Waals surface area contributed by atoms with Crippen LogP contribution in [0.2, 0.25) is 0 Å². The fourth-order valence-electron chi connectivity index (χ4n) is 6.84. The fourth-order valence-corrected chi connectivity index (χ4v) is 10.4. The minimum absolute atomic E-state index is 0. The summed E-state index contributed by atoms with van der Waals surface area (Å²) < 4.78 is 63.1. The first-order valence-electron chi connectivity index (χ1n) is 17.6. The second-order valence-electron chi connectivity index (χ2n) is 13.4. The number of azide groups is 1. The smallest absolute Gasteiger partial charge is 0.393 e. The van der Waals surface area contributed by atoms with Crippen LogP contribution < -0.4 is 29.6 Å². The van der Waals surface area contributed by atoms with Crippen LogP contribution in [0.1, 0.15) is 52.9 Å². The van der Waals surface area contributed by atoms with E-state index in [1.165, 1.54) is 4.91 Å². The SMILES string of the molecule is C=CC[C@@H]1O[C@H](C[C@H](O)CC)[C@H](C)[C@H]1CS(=O)(=O)c1ccccc1.C=CC[C@@H]1O[C@H](C[C@H](O)CN=[N+]=[N-])[C@H](C)[C@H]1CS(=O)(=O)c1ccccc1.[N-]=[N+]=[N-].[Na+]. The molecule has 0 aromatic heterocycles. The molecule has 2 N–H and O–H groups in total. The quantitative estimate of drug-likeness (QED) is 0.0772. The molecular weight excluding hydrogens is 744 g/mol. The van der Waals surface area contributed by atoms with Crippen molar-refractivity contribution in [1.82, 2.24) is 0 Å². The van der Waals surface area contributed by atoms with Crippen molar-refractivity contribution in [3.8, 4) is 0 Å². The zero-order valence-electron chi connectivity index (χ0n) is 31.6. The van der Waals surface area contributed by atoms with Gasteiger partial charge in [-0.25, -0.2) is 16.8 Å². The number of rotatable bonds is 17. The molecule has 2 heterocycles. The third-order valence-corrected chi connectivity index (χ3v) is 13.5. The molecule has 2 aliphatic heterocycles. The van der Waals surface area contributed by atoms with Crippen molar-refractivity contribution in [2.24, 2.45) is 28.8 Å². The number of ether oxygens (including phenoxy) is 2. The van der Waals surface area contributed by atoms with E-state index in [1.807, 2.05) is 26.8 Å². The van der Waals surface area contributed by atoms with Crippen molar-refractivity contribution in [3.63, 3.8) is 0 Å². The Hall–Kier alpha value is -2.72. The molecule has 2 fully saturated rings. The predicted octanol–water partition coefficient (Wildman–Crippen LogP) is 4.20. The van der Waals surface area contributed by atoms with Crippen molar-refractivity contribution in [2.45, 2.75) is 99.3 Å². The molecule has 0 unspecified atom stereocenters. The van der Waals surface area contributed by atoms with Crippen molar-refractivity contribution < 1.29 is 66.1 Å². The summed E-state index contributed by atoms with van der Waals surface area (Å²) in [5.74, 6) is -0.222. The van der Waals surface area contributed by atoms with Gasteiger partial charge < -0.3 is 30.7 Å². The van der Waals surface area contributed by atoms with Crippen LogP contribution in [0.15, 0.2) is 101 Å². The van der Waals surface area contributed by atoms with E-state index < -0.39 is 31.9 Å². The molecule has 2 aromatic rings. The number of hydrogen-bond donors (Lipinski definition) is 2. The largest absolute Gasteiger partial charge is 1.00 e. The number of hydrogen-bond acceptors (Lipinski definition) is 9. The van der Waals surface area contributed by atoms with E-state index >= 15 is 0 Å². The molecule has 14 nitrogen and oxygen atoms in total. The van der Waals surface area contributed by atoms with Crippen LogP contribution in [0.4, 0.5) is 0 Å². The van der Waals surface area contributed by atoms with E-state index in [0.717, 1.165) is 0 Å². The first-order chi connectivity index (χ1) is 25.2. The van der Waals surface area contributed by atoms with Gasteiger partial charge in [-0.3, -0.25) is 4.91 Å². The van der Waals surface area contributed by atoms with E-state index in [4.69, 9.17) is 26.1 Å². The van der Waals surface area contributed by atoms with Gasteiger partial charge in [-0.2, -0.15) is 0 Å². The van der Waals surface area contributed by atoms with Crippen molar-refractivity contribution >= 4 is 19.7 Å². The molecule has 0 spiro atoms. The number of sulfone groups is 2. The first-order valence-corrected chi connectivity index (χ1v) is 20.9. The summed E-state index contributed by atoms with van der Waals surface area (Å²) in [6.45, 7) is 13.4. The molecular formula is C37H53N6NaO8S2. The molecule has 0 aliphatic carbocycles. The van der Waals surface area contributed by atoms with Gasteiger partial charge in [0, 0.05) is 16.7 Å². The molecule has 2 aliphatic rings. The van der Waals surface area contributed by atoms with Crippen LogP contribution in [0, 0.1) is 23.7 Å². The molecule has 0 bridgehead atoms. The predicted molar refractivity (Wildman–Crippen MR) is 205 cm³/mol. The van der Waals surface area contributed by atoms with Gasteiger partial charge in [0.15, 0.2) is 19.7 Å². The molecule has 17 heteroatoms. The fraction of sp³-hybridized carbons (Fsp3) is 0.568. The van der Waals surface area contributed by atoms with E-state index in [9.17, 15) is 27.0 Å². The normalized spacial score (nSPS) is 25.8. The van der Waals surface area contributed by atoms with Gasteiger partial charge >= 0.3 is 29.6 Å². The zero-order valence-corrected chi connectivity index (χ0v) is 35.2. The van der Waals surface area contributed by atoms with Gasteiger partial charge in [-0.05, 0) is 73.7 Å². The van der Waals surface area contributed by atoms with Crippen LogP contribution >= 0.6 is 0 Å². The topological polar surface area (TPSA) is 235 Å². The summed E-state index contributed by atoms with van der Waals surface area (Å²) in [5, 5.41) is 23.3.